The fourth-order valence-electron chi connectivity index (χ4n) is 1.54. The van der Waals surface area contributed by atoms with Gasteiger partial charge in [-0.2, -0.15) is 0 Å². The molecule has 86 valence electrons. The lowest BCUT2D eigenvalue weighted by Crippen LogP contribution is -2.56. The minimum absolute atomic E-state index is 0.231. The van der Waals surface area contributed by atoms with Gasteiger partial charge in [-0.05, 0) is 18.8 Å². The van der Waals surface area contributed by atoms with Crippen LogP contribution in [0, 0.1) is 5.92 Å². The van der Waals surface area contributed by atoms with E-state index in [4.69, 9.17) is 11.5 Å². The SMILES string of the molecule is NC(=O)C(N)(CSc1cnccn1)C1CC1. The Balaban J connectivity index is 2.00. The average molecular weight is 238 g/mol. The molecular formula is C10H14N4OS. The van der Waals surface area contributed by atoms with Gasteiger partial charge >= 0.3 is 0 Å². The molecule has 1 aromatic heterocycles. The van der Waals surface area contributed by atoms with Gasteiger partial charge in [-0.3, -0.25) is 9.78 Å². The Labute approximate surface area is 98.0 Å². The lowest BCUT2D eigenvalue weighted by Gasteiger charge is -2.24. The third-order valence-electron chi connectivity index (χ3n) is 2.76. The summed E-state index contributed by atoms with van der Waals surface area (Å²) in [6, 6.07) is 0. The molecule has 0 aliphatic heterocycles. The molecule has 1 aliphatic rings. The van der Waals surface area contributed by atoms with E-state index in [1.807, 2.05) is 0 Å². The van der Waals surface area contributed by atoms with E-state index in [9.17, 15) is 4.79 Å². The summed E-state index contributed by atoms with van der Waals surface area (Å²) in [5.74, 6) is 0.270. The molecule has 0 spiro atoms. The predicted molar refractivity (Wildman–Crippen MR) is 61.6 cm³/mol. The minimum Gasteiger partial charge on any atom is -0.368 e. The van der Waals surface area contributed by atoms with Gasteiger partial charge in [0.05, 0.1) is 6.20 Å². The zero-order valence-corrected chi connectivity index (χ0v) is 9.61. The van der Waals surface area contributed by atoms with E-state index in [-0.39, 0.29) is 5.92 Å². The number of rotatable bonds is 5. The van der Waals surface area contributed by atoms with Crippen molar-refractivity contribution in [3.05, 3.63) is 18.6 Å². The second-order valence-electron chi connectivity index (χ2n) is 4.01. The lowest BCUT2D eigenvalue weighted by atomic mass is 9.96. The van der Waals surface area contributed by atoms with Gasteiger partial charge < -0.3 is 11.5 Å². The smallest absolute Gasteiger partial charge is 0.238 e. The van der Waals surface area contributed by atoms with E-state index in [1.54, 1.807) is 18.6 Å². The molecule has 1 aromatic rings. The number of carbonyl (C=O) groups is 1. The first kappa shape index (κ1) is 11.3. The van der Waals surface area contributed by atoms with Gasteiger partial charge in [0.25, 0.3) is 0 Å². The Morgan fingerprint density at radius 1 is 1.56 bits per heavy atom. The second-order valence-corrected chi connectivity index (χ2v) is 5.01. The molecule has 0 aromatic carbocycles. The highest BCUT2D eigenvalue weighted by atomic mass is 32.2. The van der Waals surface area contributed by atoms with Crippen molar-refractivity contribution in [2.45, 2.75) is 23.4 Å². The summed E-state index contributed by atoms with van der Waals surface area (Å²) in [6.45, 7) is 0. The summed E-state index contributed by atoms with van der Waals surface area (Å²) in [5, 5.41) is 0.763. The minimum atomic E-state index is -0.901. The summed E-state index contributed by atoms with van der Waals surface area (Å²) < 4.78 is 0. The van der Waals surface area contributed by atoms with Crippen molar-refractivity contribution in [3.8, 4) is 0 Å². The maximum atomic E-state index is 11.4. The van der Waals surface area contributed by atoms with Gasteiger partial charge in [0.2, 0.25) is 5.91 Å². The Kier molecular flexibility index (Phi) is 3.11. The molecule has 1 saturated carbocycles. The predicted octanol–water partition coefficient (Wildman–Crippen LogP) is 0.161. The topological polar surface area (TPSA) is 94.9 Å². The molecule has 6 heteroatoms. The highest BCUT2D eigenvalue weighted by molar-refractivity contribution is 7.99. The molecular weight excluding hydrogens is 224 g/mol. The molecule has 1 amide bonds. The normalized spacial score (nSPS) is 19.1. The Hall–Kier alpha value is -1.14. The summed E-state index contributed by atoms with van der Waals surface area (Å²) in [7, 11) is 0. The van der Waals surface area contributed by atoms with E-state index >= 15 is 0 Å². The molecule has 16 heavy (non-hydrogen) atoms. The van der Waals surface area contributed by atoms with Crippen molar-refractivity contribution in [1.82, 2.24) is 9.97 Å². The number of amides is 1. The van der Waals surface area contributed by atoms with Crippen LogP contribution in [0.3, 0.4) is 0 Å². The Morgan fingerprint density at radius 3 is 2.81 bits per heavy atom. The number of aromatic nitrogens is 2. The molecule has 0 radical (unpaired) electrons. The quantitative estimate of drug-likeness (QED) is 0.713. The monoisotopic (exact) mass is 238 g/mol. The van der Waals surface area contributed by atoms with Crippen molar-refractivity contribution in [1.29, 1.82) is 0 Å². The van der Waals surface area contributed by atoms with Crippen LogP contribution in [0.25, 0.3) is 0 Å². The van der Waals surface area contributed by atoms with E-state index in [0.717, 1.165) is 17.9 Å². The average Bonchev–Trinajstić information content (AvgIpc) is 3.11. The highest BCUT2D eigenvalue weighted by Gasteiger charge is 2.46. The van der Waals surface area contributed by atoms with Crippen molar-refractivity contribution < 1.29 is 4.79 Å². The maximum absolute atomic E-state index is 11.4. The maximum Gasteiger partial charge on any atom is 0.238 e. The first-order chi connectivity index (χ1) is 7.63. The Bertz CT molecular complexity index is 382. The molecule has 1 heterocycles. The standard InChI is InChI=1S/C10H14N4OS/c11-9(15)10(12,7-1-2-7)6-16-8-5-13-3-4-14-8/h3-5,7H,1-2,6,12H2,(H2,11,15). The lowest BCUT2D eigenvalue weighted by molar-refractivity contribution is -0.123. The second kappa shape index (κ2) is 4.39. The van der Waals surface area contributed by atoms with Gasteiger partial charge in [0.1, 0.15) is 10.6 Å². The molecule has 2 rings (SSSR count). The molecule has 5 nitrogen and oxygen atoms in total. The molecule has 1 atom stereocenters. The highest BCUT2D eigenvalue weighted by Crippen LogP contribution is 2.40. The van der Waals surface area contributed by atoms with Crippen LogP contribution in [0.1, 0.15) is 12.8 Å². The van der Waals surface area contributed by atoms with Gasteiger partial charge in [-0.1, -0.05) is 0 Å². The van der Waals surface area contributed by atoms with E-state index in [2.05, 4.69) is 9.97 Å². The molecule has 1 fully saturated rings. The van der Waals surface area contributed by atoms with Crippen molar-refractivity contribution in [3.63, 3.8) is 0 Å². The van der Waals surface area contributed by atoms with Crippen LogP contribution < -0.4 is 11.5 Å². The first-order valence-corrected chi connectivity index (χ1v) is 6.09. The number of thioether (sulfide) groups is 1. The van der Waals surface area contributed by atoms with E-state index < -0.39 is 11.4 Å². The van der Waals surface area contributed by atoms with Crippen LogP contribution in [-0.2, 0) is 4.79 Å². The van der Waals surface area contributed by atoms with E-state index in [1.165, 1.54) is 11.8 Å². The van der Waals surface area contributed by atoms with Crippen LogP contribution in [0.2, 0.25) is 0 Å². The number of hydrogen-bond donors (Lipinski definition) is 2. The van der Waals surface area contributed by atoms with Crippen LogP contribution >= 0.6 is 11.8 Å². The van der Waals surface area contributed by atoms with Crippen LogP contribution in [0.15, 0.2) is 23.6 Å². The first-order valence-electron chi connectivity index (χ1n) is 5.10. The summed E-state index contributed by atoms with van der Waals surface area (Å²) in [6.07, 6.45) is 6.84. The fourth-order valence-corrected chi connectivity index (χ4v) is 2.58. The third kappa shape index (κ3) is 2.33. The van der Waals surface area contributed by atoms with Crippen molar-refractivity contribution in [2.24, 2.45) is 17.4 Å². The van der Waals surface area contributed by atoms with Gasteiger partial charge in [-0.25, -0.2) is 4.98 Å². The summed E-state index contributed by atoms with van der Waals surface area (Å²) in [4.78, 5) is 19.4. The van der Waals surface area contributed by atoms with Gasteiger partial charge in [0, 0.05) is 18.1 Å². The van der Waals surface area contributed by atoms with Crippen LogP contribution in [-0.4, -0.2) is 27.2 Å². The van der Waals surface area contributed by atoms with Crippen molar-refractivity contribution >= 4 is 17.7 Å². The summed E-state index contributed by atoms with van der Waals surface area (Å²) >= 11 is 1.42. The number of nitrogens with two attached hydrogens (primary N) is 2. The van der Waals surface area contributed by atoms with Crippen LogP contribution in [0.5, 0.6) is 0 Å². The number of hydrogen-bond acceptors (Lipinski definition) is 5. The fraction of sp³-hybridized carbons (Fsp3) is 0.500. The largest absolute Gasteiger partial charge is 0.368 e. The molecule has 4 N–H and O–H groups in total. The van der Waals surface area contributed by atoms with E-state index in [0.29, 0.717) is 5.75 Å². The number of primary amides is 1. The third-order valence-corrected chi connectivity index (χ3v) is 3.89. The molecule has 0 bridgehead atoms. The molecule has 1 aliphatic carbocycles. The number of nitrogens with zero attached hydrogens (tertiary/aromatic N) is 2. The number of carbonyl (C=O) groups excluding carboxylic acids is 1. The van der Waals surface area contributed by atoms with Gasteiger partial charge in [-0.15, -0.1) is 11.8 Å². The molecule has 1 unspecified atom stereocenters. The summed E-state index contributed by atoms with van der Waals surface area (Å²) in [5.41, 5.74) is 10.5. The zero-order valence-electron chi connectivity index (χ0n) is 8.80. The Morgan fingerprint density at radius 2 is 2.31 bits per heavy atom. The van der Waals surface area contributed by atoms with Crippen molar-refractivity contribution in [2.75, 3.05) is 5.75 Å². The molecule has 0 saturated heterocycles. The zero-order chi connectivity index (χ0) is 11.6. The van der Waals surface area contributed by atoms with Crippen LogP contribution in [0.4, 0.5) is 0 Å². The van der Waals surface area contributed by atoms with Gasteiger partial charge in [0.15, 0.2) is 0 Å².